The third-order valence-corrected chi connectivity index (χ3v) is 2.97. The average Bonchev–Trinajstić information content (AvgIpc) is 2.41. The van der Waals surface area contributed by atoms with Gasteiger partial charge in [-0.05, 0) is 25.5 Å². The van der Waals surface area contributed by atoms with Crippen LogP contribution in [0, 0.1) is 6.92 Å². The lowest BCUT2D eigenvalue weighted by Gasteiger charge is -2.04. The zero-order valence-corrected chi connectivity index (χ0v) is 12.0. The first-order chi connectivity index (χ1) is 9.24. The van der Waals surface area contributed by atoms with Crippen LogP contribution >= 0.6 is 0 Å². The monoisotopic (exact) mass is 264 g/mol. The summed E-state index contributed by atoms with van der Waals surface area (Å²) in [5.74, 6) is -0.422. The van der Waals surface area contributed by atoms with E-state index in [1.54, 1.807) is 12.1 Å². The molecule has 106 valence electrons. The van der Waals surface area contributed by atoms with Gasteiger partial charge in [-0.1, -0.05) is 56.7 Å². The summed E-state index contributed by atoms with van der Waals surface area (Å²) in [6.45, 7) is 4.62. The third-order valence-electron chi connectivity index (χ3n) is 2.97. The van der Waals surface area contributed by atoms with Crippen LogP contribution in [0.15, 0.2) is 24.3 Å². The van der Waals surface area contributed by atoms with Crippen molar-refractivity contribution in [3.05, 3.63) is 35.4 Å². The van der Waals surface area contributed by atoms with Crippen LogP contribution in [0.4, 0.5) is 0 Å². The summed E-state index contributed by atoms with van der Waals surface area (Å²) in [5.41, 5.74) is 1.56. The van der Waals surface area contributed by atoms with Gasteiger partial charge in [0.25, 0.3) is 0 Å². The van der Waals surface area contributed by atoms with Crippen LogP contribution in [-0.2, 0) is 9.78 Å². The first-order valence-corrected chi connectivity index (χ1v) is 7.14. The molecular formula is C16H24O3. The molecule has 0 saturated carbocycles. The summed E-state index contributed by atoms with van der Waals surface area (Å²) in [7, 11) is 0. The summed E-state index contributed by atoms with van der Waals surface area (Å²) in [6.07, 6.45) is 7.11. The lowest BCUT2D eigenvalue weighted by atomic mass is 10.1. The molecule has 0 N–H and O–H groups in total. The molecule has 0 radical (unpaired) electrons. The van der Waals surface area contributed by atoms with E-state index in [1.165, 1.54) is 25.7 Å². The summed E-state index contributed by atoms with van der Waals surface area (Å²) in [5, 5.41) is 0. The van der Waals surface area contributed by atoms with Gasteiger partial charge in [-0.15, -0.1) is 0 Å². The molecule has 3 heteroatoms. The van der Waals surface area contributed by atoms with Crippen molar-refractivity contribution in [2.45, 2.75) is 52.4 Å². The van der Waals surface area contributed by atoms with Crippen LogP contribution in [0.25, 0.3) is 0 Å². The lowest BCUT2D eigenvalue weighted by molar-refractivity contribution is -0.241. The number of benzene rings is 1. The van der Waals surface area contributed by atoms with E-state index < -0.39 is 5.97 Å². The van der Waals surface area contributed by atoms with Crippen molar-refractivity contribution in [3.8, 4) is 0 Å². The highest BCUT2D eigenvalue weighted by Gasteiger charge is 2.07. The predicted octanol–water partition coefficient (Wildman–Crippen LogP) is 4.44. The topological polar surface area (TPSA) is 35.5 Å². The maximum Gasteiger partial charge on any atom is 0.373 e. The fourth-order valence-corrected chi connectivity index (χ4v) is 1.86. The van der Waals surface area contributed by atoms with Crippen molar-refractivity contribution in [2.75, 3.05) is 6.61 Å². The Morgan fingerprint density at radius 1 is 1.11 bits per heavy atom. The van der Waals surface area contributed by atoms with Crippen molar-refractivity contribution in [2.24, 2.45) is 0 Å². The number of hydrogen-bond donors (Lipinski definition) is 0. The fourth-order valence-electron chi connectivity index (χ4n) is 1.86. The maximum absolute atomic E-state index is 11.6. The van der Waals surface area contributed by atoms with Crippen LogP contribution in [0.5, 0.6) is 0 Å². The highest BCUT2D eigenvalue weighted by molar-refractivity contribution is 5.89. The van der Waals surface area contributed by atoms with Gasteiger partial charge >= 0.3 is 5.97 Å². The van der Waals surface area contributed by atoms with Crippen molar-refractivity contribution >= 4 is 5.97 Å². The van der Waals surface area contributed by atoms with Gasteiger partial charge in [0, 0.05) is 0 Å². The second-order valence-electron chi connectivity index (χ2n) is 4.83. The van der Waals surface area contributed by atoms with Gasteiger partial charge in [-0.3, -0.25) is 4.89 Å². The minimum Gasteiger partial charge on any atom is -0.293 e. The molecule has 0 aromatic heterocycles. The van der Waals surface area contributed by atoms with E-state index in [-0.39, 0.29) is 0 Å². The molecule has 0 bridgehead atoms. The molecule has 0 saturated heterocycles. The standard InChI is InChI=1S/C16H24O3/c1-3-4-5-6-7-8-12-18-19-16(17)15-11-9-10-14(2)13-15/h9-11,13H,3-8,12H2,1-2H3. The van der Waals surface area contributed by atoms with Gasteiger partial charge in [-0.25, -0.2) is 4.79 Å². The largest absolute Gasteiger partial charge is 0.373 e. The molecule has 0 aliphatic rings. The van der Waals surface area contributed by atoms with E-state index in [9.17, 15) is 4.79 Å². The molecule has 0 amide bonds. The maximum atomic E-state index is 11.6. The van der Waals surface area contributed by atoms with Crippen LogP contribution < -0.4 is 0 Å². The van der Waals surface area contributed by atoms with Gasteiger partial charge in [0.2, 0.25) is 0 Å². The Bertz CT molecular complexity index is 374. The predicted molar refractivity (Wildman–Crippen MR) is 75.9 cm³/mol. The highest BCUT2D eigenvalue weighted by Crippen LogP contribution is 2.07. The molecule has 0 aliphatic carbocycles. The molecule has 3 nitrogen and oxygen atoms in total. The van der Waals surface area contributed by atoms with Crippen molar-refractivity contribution in [1.82, 2.24) is 0 Å². The van der Waals surface area contributed by atoms with Crippen molar-refractivity contribution in [1.29, 1.82) is 0 Å². The minimum absolute atomic E-state index is 0.422. The first kappa shape index (κ1) is 15.7. The molecule has 0 fully saturated rings. The number of hydrogen-bond acceptors (Lipinski definition) is 3. The van der Waals surface area contributed by atoms with Crippen molar-refractivity contribution in [3.63, 3.8) is 0 Å². The molecule has 0 atom stereocenters. The van der Waals surface area contributed by atoms with Crippen LogP contribution in [0.1, 0.15) is 61.4 Å². The van der Waals surface area contributed by atoms with Gasteiger partial charge in [0.05, 0.1) is 12.2 Å². The van der Waals surface area contributed by atoms with Crippen molar-refractivity contribution < 1.29 is 14.6 Å². The van der Waals surface area contributed by atoms with E-state index in [0.29, 0.717) is 12.2 Å². The van der Waals surface area contributed by atoms with Gasteiger partial charge < -0.3 is 0 Å². The van der Waals surface area contributed by atoms with E-state index in [1.807, 2.05) is 19.1 Å². The van der Waals surface area contributed by atoms with Gasteiger partial charge in [0.1, 0.15) is 0 Å². The fraction of sp³-hybridized carbons (Fsp3) is 0.562. The Labute approximate surface area is 115 Å². The Morgan fingerprint density at radius 3 is 2.58 bits per heavy atom. The van der Waals surface area contributed by atoms with Gasteiger partial charge in [-0.2, -0.15) is 4.89 Å². The zero-order chi connectivity index (χ0) is 13.9. The third kappa shape index (κ3) is 6.97. The van der Waals surface area contributed by atoms with Crippen LogP contribution in [0.3, 0.4) is 0 Å². The Kier molecular flexibility index (Phi) is 7.91. The van der Waals surface area contributed by atoms with Crippen LogP contribution in [0.2, 0.25) is 0 Å². The van der Waals surface area contributed by atoms with E-state index >= 15 is 0 Å². The highest BCUT2D eigenvalue weighted by atomic mass is 17.2. The molecule has 0 spiro atoms. The summed E-state index contributed by atoms with van der Waals surface area (Å²) >= 11 is 0. The second kappa shape index (κ2) is 9.56. The number of carbonyl (C=O) groups excluding carboxylic acids is 1. The summed E-state index contributed by atoms with van der Waals surface area (Å²) < 4.78 is 0. The molecule has 1 rings (SSSR count). The SMILES string of the molecule is CCCCCCCCOOC(=O)c1cccc(C)c1. The number of unbranched alkanes of at least 4 members (excludes halogenated alkanes) is 5. The summed E-state index contributed by atoms with van der Waals surface area (Å²) in [6, 6.07) is 7.29. The Balaban J connectivity index is 2.08. The van der Waals surface area contributed by atoms with E-state index in [2.05, 4.69) is 6.92 Å². The van der Waals surface area contributed by atoms with E-state index in [4.69, 9.17) is 9.78 Å². The zero-order valence-electron chi connectivity index (χ0n) is 12.0. The number of aryl methyl sites for hydroxylation is 1. The molecule has 1 aromatic rings. The average molecular weight is 264 g/mol. The first-order valence-electron chi connectivity index (χ1n) is 7.14. The number of carbonyl (C=O) groups is 1. The molecular weight excluding hydrogens is 240 g/mol. The molecule has 0 heterocycles. The molecule has 0 unspecified atom stereocenters. The number of rotatable bonds is 9. The smallest absolute Gasteiger partial charge is 0.293 e. The quantitative estimate of drug-likeness (QED) is 0.375. The second-order valence-corrected chi connectivity index (χ2v) is 4.83. The normalized spacial score (nSPS) is 10.4. The Hall–Kier alpha value is -1.35. The summed E-state index contributed by atoms with van der Waals surface area (Å²) in [4.78, 5) is 21.3. The van der Waals surface area contributed by atoms with Gasteiger partial charge in [0.15, 0.2) is 0 Å². The van der Waals surface area contributed by atoms with Crippen LogP contribution in [-0.4, -0.2) is 12.6 Å². The Morgan fingerprint density at radius 2 is 1.84 bits per heavy atom. The van der Waals surface area contributed by atoms with E-state index in [0.717, 1.165) is 18.4 Å². The molecule has 0 aliphatic heterocycles. The minimum atomic E-state index is -0.422. The lowest BCUT2D eigenvalue weighted by Crippen LogP contribution is -2.07. The molecule has 1 aromatic carbocycles. The molecule has 19 heavy (non-hydrogen) atoms.